The van der Waals surface area contributed by atoms with Crippen LogP contribution in [0.4, 0.5) is 0 Å². The first-order chi connectivity index (χ1) is 10.7. The van der Waals surface area contributed by atoms with E-state index < -0.39 is 6.10 Å². The second kappa shape index (κ2) is 10.9. The molecule has 0 saturated heterocycles. The average Bonchev–Trinajstić information content (AvgIpc) is 2.56. The highest BCUT2D eigenvalue weighted by molar-refractivity contribution is 5.79. The summed E-state index contributed by atoms with van der Waals surface area (Å²) in [5.41, 5.74) is 0.839. The Morgan fingerprint density at radius 3 is 2.50 bits per heavy atom. The Hall–Kier alpha value is -1.75. The number of hydrogen-bond donors (Lipinski definition) is 3. The van der Waals surface area contributed by atoms with Crippen molar-refractivity contribution in [1.29, 1.82) is 0 Å². The zero-order valence-corrected chi connectivity index (χ0v) is 13.9. The van der Waals surface area contributed by atoms with Crippen molar-refractivity contribution in [2.45, 2.75) is 39.2 Å². The van der Waals surface area contributed by atoms with Gasteiger partial charge in [-0.1, -0.05) is 31.9 Å². The Balaban J connectivity index is 2.51. The van der Waals surface area contributed by atoms with Crippen LogP contribution in [0.5, 0.6) is 5.75 Å². The molecule has 0 aliphatic rings. The topological polar surface area (TPSA) is 65.9 Å². The Morgan fingerprint density at radius 2 is 1.91 bits per heavy atom. The number of guanidine groups is 1. The van der Waals surface area contributed by atoms with E-state index in [0.29, 0.717) is 6.54 Å². The van der Waals surface area contributed by atoms with Crippen molar-refractivity contribution in [2.75, 3.05) is 26.7 Å². The number of rotatable bonds is 9. The molecule has 5 heteroatoms. The van der Waals surface area contributed by atoms with E-state index >= 15 is 0 Å². The fourth-order valence-corrected chi connectivity index (χ4v) is 2.03. The second-order valence-electron chi connectivity index (χ2n) is 5.14. The molecule has 0 spiro atoms. The molecule has 22 heavy (non-hydrogen) atoms. The van der Waals surface area contributed by atoms with Crippen molar-refractivity contribution in [1.82, 2.24) is 10.6 Å². The van der Waals surface area contributed by atoms with Gasteiger partial charge >= 0.3 is 0 Å². The van der Waals surface area contributed by atoms with Gasteiger partial charge in [0.05, 0.1) is 19.8 Å². The molecule has 0 radical (unpaired) electrons. The van der Waals surface area contributed by atoms with Gasteiger partial charge in [-0.3, -0.25) is 4.99 Å². The Bertz CT molecular complexity index is 432. The zero-order chi connectivity index (χ0) is 16.2. The predicted octanol–water partition coefficient (Wildman–Crippen LogP) is 2.47. The van der Waals surface area contributed by atoms with Gasteiger partial charge < -0.3 is 20.5 Å². The van der Waals surface area contributed by atoms with E-state index in [9.17, 15) is 5.11 Å². The minimum Gasteiger partial charge on any atom is -0.497 e. The summed E-state index contributed by atoms with van der Waals surface area (Å²) in [6, 6.07) is 7.41. The van der Waals surface area contributed by atoms with E-state index in [1.165, 1.54) is 12.8 Å². The van der Waals surface area contributed by atoms with Gasteiger partial charge in [0.15, 0.2) is 5.96 Å². The standard InChI is InChI=1S/C17H29N3O2/c1-4-6-7-12-19-17(18-5-2)20-13-16(21)14-8-10-15(22-3)11-9-14/h8-11,16,21H,4-7,12-13H2,1-3H3,(H2,18,19,20). The van der Waals surface area contributed by atoms with Crippen LogP contribution in [0.15, 0.2) is 29.3 Å². The maximum absolute atomic E-state index is 10.2. The first kappa shape index (κ1) is 18.3. The third-order valence-electron chi connectivity index (χ3n) is 3.34. The number of aliphatic hydroxyl groups excluding tert-OH is 1. The van der Waals surface area contributed by atoms with Crippen molar-refractivity contribution in [3.8, 4) is 5.75 Å². The molecule has 1 unspecified atom stereocenters. The van der Waals surface area contributed by atoms with Gasteiger partial charge in [0, 0.05) is 13.1 Å². The summed E-state index contributed by atoms with van der Waals surface area (Å²) in [5, 5.41) is 16.7. The molecule has 124 valence electrons. The lowest BCUT2D eigenvalue weighted by atomic mass is 10.1. The minimum absolute atomic E-state index is 0.329. The van der Waals surface area contributed by atoms with Gasteiger partial charge in [-0.05, 0) is 31.0 Å². The summed E-state index contributed by atoms with van der Waals surface area (Å²) in [5.74, 6) is 1.54. The molecule has 0 bridgehead atoms. The lowest BCUT2D eigenvalue weighted by molar-refractivity contribution is 0.187. The number of aliphatic imine (C=N–C) groups is 1. The molecule has 0 fully saturated rings. The van der Waals surface area contributed by atoms with E-state index in [4.69, 9.17) is 4.74 Å². The molecule has 0 aromatic heterocycles. The number of unbranched alkanes of at least 4 members (excludes halogenated alkanes) is 2. The van der Waals surface area contributed by atoms with E-state index in [2.05, 4.69) is 22.5 Å². The largest absolute Gasteiger partial charge is 0.497 e. The molecule has 0 aliphatic carbocycles. The number of nitrogens with zero attached hydrogens (tertiary/aromatic N) is 1. The first-order valence-corrected chi connectivity index (χ1v) is 8.05. The van der Waals surface area contributed by atoms with Crippen LogP contribution in [0.25, 0.3) is 0 Å². The molecule has 3 N–H and O–H groups in total. The average molecular weight is 307 g/mol. The highest BCUT2D eigenvalue weighted by atomic mass is 16.5. The molecular formula is C17H29N3O2. The summed E-state index contributed by atoms with van der Waals surface area (Å²) in [6.07, 6.45) is 2.92. The van der Waals surface area contributed by atoms with Gasteiger partial charge in [-0.2, -0.15) is 0 Å². The fraction of sp³-hybridized carbons (Fsp3) is 0.588. The summed E-state index contributed by atoms with van der Waals surface area (Å²) >= 11 is 0. The van der Waals surface area contributed by atoms with Crippen molar-refractivity contribution in [3.63, 3.8) is 0 Å². The lowest BCUT2D eigenvalue weighted by Crippen LogP contribution is -2.38. The number of nitrogens with one attached hydrogen (secondary N) is 2. The lowest BCUT2D eigenvalue weighted by Gasteiger charge is -2.13. The summed E-state index contributed by atoms with van der Waals surface area (Å²) in [4.78, 5) is 4.44. The highest BCUT2D eigenvalue weighted by Crippen LogP contribution is 2.17. The fourth-order valence-electron chi connectivity index (χ4n) is 2.03. The minimum atomic E-state index is -0.614. The molecular weight excluding hydrogens is 278 g/mol. The van der Waals surface area contributed by atoms with Gasteiger partial charge in [0.25, 0.3) is 0 Å². The molecule has 5 nitrogen and oxygen atoms in total. The Morgan fingerprint density at radius 1 is 1.18 bits per heavy atom. The van der Waals surface area contributed by atoms with Gasteiger partial charge in [-0.25, -0.2) is 0 Å². The SMILES string of the molecule is CCCCCNC(=NCC(O)c1ccc(OC)cc1)NCC. The molecule has 0 heterocycles. The van der Waals surface area contributed by atoms with Crippen molar-refractivity contribution >= 4 is 5.96 Å². The van der Waals surface area contributed by atoms with Crippen molar-refractivity contribution < 1.29 is 9.84 Å². The normalized spacial score (nSPS) is 12.8. The Labute approximate surface area is 133 Å². The zero-order valence-electron chi connectivity index (χ0n) is 13.9. The van der Waals surface area contributed by atoms with Crippen LogP contribution in [0.1, 0.15) is 44.8 Å². The maximum Gasteiger partial charge on any atom is 0.191 e. The van der Waals surface area contributed by atoms with Crippen molar-refractivity contribution in [3.05, 3.63) is 29.8 Å². The van der Waals surface area contributed by atoms with Crippen LogP contribution in [-0.2, 0) is 0 Å². The predicted molar refractivity (Wildman–Crippen MR) is 91.5 cm³/mol. The van der Waals surface area contributed by atoms with Crippen LogP contribution in [0.3, 0.4) is 0 Å². The molecule has 1 aromatic rings. The van der Waals surface area contributed by atoms with Crippen LogP contribution in [0.2, 0.25) is 0 Å². The number of aliphatic hydroxyl groups is 1. The molecule has 0 saturated carbocycles. The van der Waals surface area contributed by atoms with E-state index in [1.54, 1.807) is 7.11 Å². The van der Waals surface area contributed by atoms with Crippen LogP contribution in [-0.4, -0.2) is 37.8 Å². The number of benzene rings is 1. The summed E-state index contributed by atoms with van der Waals surface area (Å²) in [6.45, 7) is 6.25. The van der Waals surface area contributed by atoms with Gasteiger partial charge in [0.1, 0.15) is 5.75 Å². The second-order valence-corrected chi connectivity index (χ2v) is 5.14. The molecule has 0 amide bonds. The monoisotopic (exact) mass is 307 g/mol. The summed E-state index contributed by atoms with van der Waals surface area (Å²) < 4.78 is 5.11. The smallest absolute Gasteiger partial charge is 0.191 e. The number of methoxy groups -OCH3 is 1. The maximum atomic E-state index is 10.2. The molecule has 1 atom stereocenters. The van der Waals surface area contributed by atoms with Crippen LogP contribution >= 0.6 is 0 Å². The van der Waals surface area contributed by atoms with E-state index in [-0.39, 0.29) is 0 Å². The number of ether oxygens (including phenoxy) is 1. The third kappa shape index (κ3) is 6.80. The van der Waals surface area contributed by atoms with E-state index in [1.807, 2.05) is 31.2 Å². The van der Waals surface area contributed by atoms with Gasteiger partial charge in [0.2, 0.25) is 0 Å². The van der Waals surface area contributed by atoms with Gasteiger partial charge in [-0.15, -0.1) is 0 Å². The quantitative estimate of drug-likeness (QED) is 0.372. The van der Waals surface area contributed by atoms with E-state index in [0.717, 1.165) is 36.8 Å². The molecule has 1 rings (SSSR count). The summed E-state index contributed by atoms with van der Waals surface area (Å²) in [7, 11) is 1.63. The third-order valence-corrected chi connectivity index (χ3v) is 3.34. The van der Waals surface area contributed by atoms with Crippen LogP contribution < -0.4 is 15.4 Å². The van der Waals surface area contributed by atoms with Crippen LogP contribution in [0, 0.1) is 0 Å². The highest BCUT2D eigenvalue weighted by Gasteiger charge is 2.07. The Kier molecular flexibility index (Phi) is 9.07. The number of hydrogen-bond acceptors (Lipinski definition) is 3. The van der Waals surface area contributed by atoms with Crippen molar-refractivity contribution in [2.24, 2.45) is 4.99 Å². The molecule has 1 aromatic carbocycles. The molecule has 0 aliphatic heterocycles. The first-order valence-electron chi connectivity index (χ1n) is 8.05.